The first kappa shape index (κ1) is 25.4. The number of rotatable bonds is 11. The van der Waals surface area contributed by atoms with Crippen LogP contribution in [0.1, 0.15) is 48.9 Å². The molecule has 3 aromatic carbocycles. The van der Waals surface area contributed by atoms with Gasteiger partial charge in [-0.05, 0) is 84.0 Å². The minimum Gasteiger partial charge on any atom is -0.493 e. The monoisotopic (exact) mass is 492 g/mol. The van der Waals surface area contributed by atoms with Gasteiger partial charge >= 0.3 is 12.1 Å². The Labute approximate surface area is 210 Å². The quantitative estimate of drug-likeness (QED) is 0.126. The van der Waals surface area contributed by atoms with Crippen molar-refractivity contribution in [3.63, 3.8) is 0 Å². The van der Waals surface area contributed by atoms with E-state index < -0.39 is 12.1 Å². The largest absolute Gasteiger partial charge is 0.493 e. The molecule has 0 bridgehead atoms. The number of fused-ring (bicyclic) bond motifs is 3. The normalized spacial score (nSPS) is 12.0. The van der Waals surface area contributed by atoms with Gasteiger partial charge in [0.25, 0.3) is 0 Å². The van der Waals surface area contributed by atoms with Crippen LogP contribution in [0.15, 0.2) is 72.8 Å². The maximum Gasteiger partial charge on any atom is 0.426 e. The lowest BCUT2D eigenvalue weighted by atomic mass is 10.0. The van der Waals surface area contributed by atoms with Crippen molar-refractivity contribution >= 4 is 5.97 Å². The maximum absolute atomic E-state index is 15.0. The van der Waals surface area contributed by atoms with Crippen LogP contribution < -0.4 is 9.47 Å². The number of ether oxygens (including phenoxy) is 3. The first-order valence-electron chi connectivity index (χ1n) is 12.1. The van der Waals surface area contributed by atoms with Crippen molar-refractivity contribution in [3.8, 4) is 22.6 Å². The zero-order valence-corrected chi connectivity index (χ0v) is 20.6. The zero-order valence-electron chi connectivity index (χ0n) is 20.6. The summed E-state index contributed by atoms with van der Waals surface area (Å²) in [5.41, 5.74) is 5.63. The maximum atomic E-state index is 15.0. The Kier molecular flexibility index (Phi) is 7.73. The molecule has 1 aliphatic rings. The molecule has 3 aromatic rings. The van der Waals surface area contributed by atoms with Crippen LogP contribution in [0.2, 0.25) is 0 Å². The Morgan fingerprint density at radius 2 is 1.61 bits per heavy atom. The summed E-state index contributed by atoms with van der Waals surface area (Å²) in [6.45, 7) is 7.77. The third-order valence-electron chi connectivity index (χ3n) is 6.03. The smallest absolute Gasteiger partial charge is 0.426 e. The minimum absolute atomic E-state index is 0.0377. The van der Waals surface area contributed by atoms with E-state index in [0.717, 1.165) is 29.5 Å². The highest BCUT2D eigenvalue weighted by Crippen LogP contribution is 2.41. The van der Waals surface area contributed by atoms with Crippen LogP contribution in [0.3, 0.4) is 0 Å². The molecule has 0 spiro atoms. The van der Waals surface area contributed by atoms with Gasteiger partial charge in [0, 0.05) is 12.0 Å². The number of benzene rings is 3. The molecule has 0 unspecified atom stereocenters. The molecule has 0 heterocycles. The third-order valence-corrected chi connectivity index (χ3v) is 6.03. The average Bonchev–Trinajstić information content (AvgIpc) is 3.21. The molecule has 0 aromatic heterocycles. The molecular weight excluding hydrogens is 462 g/mol. The van der Waals surface area contributed by atoms with E-state index in [0.29, 0.717) is 30.8 Å². The number of hydrogen-bond donors (Lipinski definition) is 0. The van der Waals surface area contributed by atoms with Gasteiger partial charge in [-0.3, -0.25) is 0 Å². The Morgan fingerprint density at radius 3 is 2.31 bits per heavy atom. The van der Waals surface area contributed by atoms with Gasteiger partial charge in [0.05, 0.1) is 18.8 Å². The average molecular weight is 493 g/mol. The molecule has 0 radical (unpaired) electrons. The summed E-state index contributed by atoms with van der Waals surface area (Å²) < 4.78 is 45.7. The van der Waals surface area contributed by atoms with E-state index >= 15 is 8.78 Å². The van der Waals surface area contributed by atoms with Crippen LogP contribution in [-0.2, 0) is 28.5 Å². The molecule has 0 saturated carbocycles. The lowest BCUT2D eigenvalue weighted by Gasteiger charge is -2.19. The highest BCUT2D eigenvalue weighted by Gasteiger charge is 2.36. The lowest BCUT2D eigenvalue weighted by Crippen LogP contribution is -2.22. The Balaban J connectivity index is 1.34. The Bertz CT molecular complexity index is 1250. The second-order valence-electron chi connectivity index (χ2n) is 9.00. The predicted octanol–water partition coefficient (Wildman–Crippen LogP) is 7.23. The van der Waals surface area contributed by atoms with Gasteiger partial charge in [-0.1, -0.05) is 44.2 Å². The molecule has 6 heteroatoms. The highest BCUT2D eigenvalue weighted by molar-refractivity contribution is 5.86. The molecule has 188 valence electrons. The van der Waals surface area contributed by atoms with E-state index in [1.54, 1.807) is 31.2 Å². The first-order chi connectivity index (χ1) is 17.3. The predicted molar refractivity (Wildman–Crippen MR) is 136 cm³/mol. The van der Waals surface area contributed by atoms with Crippen molar-refractivity contribution in [2.75, 3.05) is 13.2 Å². The molecule has 36 heavy (non-hydrogen) atoms. The number of hydrogen-bond acceptors (Lipinski definition) is 4. The van der Waals surface area contributed by atoms with E-state index in [1.165, 1.54) is 29.3 Å². The van der Waals surface area contributed by atoms with E-state index in [9.17, 15) is 4.79 Å². The standard InChI is InChI=1S/C30H30F2O4/c1-4-6-21-7-13-27-22(17-21)18-23-19-24(8-14-28(23)27)30(31,32)36-26-11-9-25(10-12-26)34-15-5-16-35-29(33)20(2)3/h7-14,17,19H,2,4-6,15-16,18H2,1,3H3. The highest BCUT2D eigenvalue weighted by atomic mass is 19.3. The number of halogens is 2. The van der Waals surface area contributed by atoms with Gasteiger partial charge in [-0.25, -0.2) is 4.79 Å². The van der Waals surface area contributed by atoms with Crippen molar-refractivity contribution in [2.24, 2.45) is 0 Å². The molecule has 0 saturated heterocycles. The summed E-state index contributed by atoms with van der Waals surface area (Å²) in [6.07, 6.45) is -0.260. The van der Waals surface area contributed by atoms with Gasteiger partial charge in [-0.2, -0.15) is 8.78 Å². The van der Waals surface area contributed by atoms with Gasteiger partial charge in [-0.15, -0.1) is 0 Å². The zero-order chi connectivity index (χ0) is 25.7. The molecule has 0 fully saturated rings. The van der Waals surface area contributed by atoms with Gasteiger partial charge < -0.3 is 14.2 Å². The summed E-state index contributed by atoms with van der Waals surface area (Å²) in [5, 5.41) is 0. The van der Waals surface area contributed by atoms with E-state index in [2.05, 4.69) is 31.7 Å². The Hall–Kier alpha value is -3.67. The fourth-order valence-electron chi connectivity index (χ4n) is 4.24. The summed E-state index contributed by atoms with van der Waals surface area (Å²) in [6, 6.07) is 17.2. The summed E-state index contributed by atoms with van der Waals surface area (Å²) in [7, 11) is 0. The van der Waals surface area contributed by atoms with Crippen LogP contribution in [0.5, 0.6) is 11.5 Å². The number of carbonyl (C=O) groups excluding carboxylic acids is 1. The SMILES string of the molecule is C=C(C)C(=O)OCCCOc1ccc(OC(F)(F)c2ccc3c(c2)Cc2cc(CCC)ccc2-3)cc1. The second-order valence-corrected chi connectivity index (χ2v) is 9.00. The van der Waals surface area contributed by atoms with E-state index in [1.807, 2.05) is 0 Å². The first-order valence-corrected chi connectivity index (χ1v) is 12.1. The summed E-state index contributed by atoms with van der Waals surface area (Å²) in [4.78, 5) is 11.3. The summed E-state index contributed by atoms with van der Waals surface area (Å²) >= 11 is 0. The van der Waals surface area contributed by atoms with Gasteiger partial charge in [0.2, 0.25) is 0 Å². The molecule has 4 rings (SSSR count). The Morgan fingerprint density at radius 1 is 0.944 bits per heavy atom. The topological polar surface area (TPSA) is 44.8 Å². The fourth-order valence-corrected chi connectivity index (χ4v) is 4.24. The molecule has 4 nitrogen and oxygen atoms in total. The molecule has 0 atom stereocenters. The van der Waals surface area contributed by atoms with Crippen LogP contribution in [0.4, 0.5) is 8.78 Å². The van der Waals surface area contributed by atoms with Crippen molar-refractivity contribution in [1.29, 1.82) is 0 Å². The number of alkyl halides is 2. The summed E-state index contributed by atoms with van der Waals surface area (Å²) in [5.74, 6) is 0.108. The van der Waals surface area contributed by atoms with Crippen molar-refractivity contribution in [3.05, 3.63) is 95.1 Å². The molecular formula is C30H30F2O4. The second kappa shape index (κ2) is 10.9. The van der Waals surface area contributed by atoms with Crippen LogP contribution in [0, 0.1) is 0 Å². The van der Waals surface area contributed by atoms with Crippen molar-refractivity contribution in [1.82, 2.24) is 0 Å². The molecule has 0 amide bonds. The molecule has 0 N–H and O–H groups in total. The number of esters is 1. The van der Waals surface area contributed by atoms with Crippen LogP contribution in [-0.4, -0.2) is 19.2 Å². The van der Waals surface area contributed by atoms with Gasteiger partial charge in [0.1, 0.15) is 11.5 Å². The van der Waals surface area contributed by atoms with Crippen LogP contribution in [0.25, 0.3) is 11.1 Å². The van der Waals surface area contributed by atoms with Crippen LogP contribution >= 0.6 is 0 Å². The molecule has 1 aliphatic carbocycles. The van der Waals surface area contributed by atoms with Crippen molar-refractivity contribution in [2.45, 2.75) is 45.6 Å². The molecule has 0 aliphatic heterocycles. The number of carbonyl (C=O) groups is 1. The minimum atomic E-state index is -3.48. The third kappa shape index (κ3) is 5.93. The fraction of sp³-hybridized carbons (Fsp3) is 0.300. The number of aryl methyl sites for hydroxylation is 1. The van der Waals surface area contributed by atoms with E-state index in [4.69, 9.17) is 14.2 Å². The van der Waals surface area contributed by atoms with E-state index in [-0.39, 0.29) is 17.9 Å². The van der Waals surface area contributed by atoms with Gasteiger partial charge in [0.15, 0.2) is 0 Å². The van der Waals surface area contributed by atoms with Crippen molar-refractivity contribution < 1.29 is 27.8 Å². The lowest BCUT2D eigenvalue weighted by molar-refractivity contribution is -0.185.